The van der Waals surface area contributed by atoms with E-state index in [1.165, 1.54) is 0 Å². The Labute approximate surface area is 138 Å². The third kappa shape index (κ3) is 3.59. The molecule has 0 radical (unpaired) electrons. The van der Waals surface area contributed by atoms with Gasteiger partial charge in [-0.3, -0.25) is 9.59 Å². The zero-order chi connectivity index (χ0) is 16.4. The summed E-state index contributed by atoms with van der Waals surface area (Å²) in [5, 5.41) is 12.6. The van der Waals surface area contributed by atoms with E-state index >= 15 is 0 Å². The first-order valence-corrected chi connectivity index (χ1v) is 7.88. The fourth-order valence-corrected chi connectivity index (χ4v) is 3.27. The third-order valence-corrected chi connectivity index (χ3v) is 4.52. The number of hydrogen-bond donors (Lipinski definition) is 2. The number of carbonyl (C=O) groups is 2. The molecule has 2 aliphatic heterocycles. The molecule has 23 heavy (non-hydrogen) atoms. The van der Waals surface area contributed by atoms with Crippen LogP contribution >= 0.6 is 11.6 Å². The summed E-state index contributed by atoms with van der Waals surface area (Å²) in [6.45, 7) is 0.943. The molecule has 2 heterocycles. The number of rotatable bonds is 4. The fourth-order valence-electron chi connectivity index (χ4n) is 3.07. The lowest BCUT2D eigenvalue weighted by Gasteiger charge is -2.31. The van der Waals surface area contributed by atoms with Gasteiger partial charge in [0.15, 0.2) is 0 Å². The molecule has 2 N–H and O–H groups in total. The van der Waals surface area contributed by atoms with E-state index in [1.807, 2.05) is 0 Å². The van der Waals surface area contributed by atoms with Gasteiger partial charge in [0.25, 0.3) is 0 Å². The monoisotopic (exact) mass is 339 g/mol. The molecule has 0 aromatic heterocycles. The quantitative estimate of drug-likeness (QED) is 0.871. The van der Waals surface area contributed by atoms with Gasteiger partial charge in [-0.2, -0.15) is 0 Å². The van der Waals surface area contributed by atoms with E-state index in [-0.39, 0.29) is 31.5 Å². The van der Waals surface area contributed by atoms with Crippen molar-refractivity contribution >= 4 is 23.5 Å². The van der Waals surface area contributed by atoms with Gasteiger partial charge < -0.3 is 19.9 Å². The van der Waals surface area contributed by atoms with Crippen molar-refractivity contribution in [2.45, 2.75) is 24.8 Å². The Morgan fingerprint density at radius 1 is 1.43 bits per heavy atom. The summed E-state index contributed by atoms with van der Waals surface area (Å²) < 4.78 is 10.9. The molecule has 1 amide bonds. The predicted molar refractivity (Wildman–Crippen MR) is 82.7 cm³/mol. The first kappa shape index (κ1) is 16.1. The standard InChI is InChI=1S/C16H18ClNO5/c17-12-1-2-13-10(6-12)5-11(8-23-13)15(21)18-16(7-14(19)20)3-4-22-9-16/h1-2,6,11H,3-5,7-9H2,(H,18,21)(H,19,20). The predicted octanol–water partition coefficient (Wildman–Crippen LogP) is 1.64. The van der Waals surface area contributed by atoms with Gasteiger partial charge in [-0.05, 0) is 36.6 Å². The number of ether oxygens (including phenoxy) is 2. The number of nitrogens with one attached hydrogen (secondary N) is 1. The second kappa shape index (κ2) is 6.37. The number of amides is 1. The van der Waals surface area contributed by atoms with Crippen molar-refractivity contribution in [3.8, 4) is 5.75 Å². The maximum Gasteiger partial charge on any atom is 0.305 e. The summed E-state index contributed by atoms with van der Waals surface area (Å²) in [6.07, 6.45) is 0.876. The highest BCUT2D eigenvalue weighted by Crippen LogP contribution is 2.31. The molecule has 0 aliphatic carbocycles. The van der Waals surface area contributed by atoms with E-state index in [0.29, 0.717) is 24.5 Å². The summed E-state index contributed by atoms with van der Waals surface area (Å²) in [5.74, 6) is -0.787. The van der Waals surface area contributed by atoms with E-state index in [1.54, 1.807) is 18.2 Å². The molecular weight excluding hydrogens is 322 g/mol. The van der Waals surface area contributed by atoms with Gasteiger partial charge in [0, 0.05) is 11.6 Å². The minimum absolute atomic E-state index is 0.144. The Bertz CT molecular complexity index is 627. The molecule has 2 unspecified atom stereocenters. The summed E-state index contributed by atoms with van der Waals surface area (Å²) in [6, 6.07) is 5.34. The summed E-state index contributed by atoms with van der Waals surface area (Å²) >= 11 is 5.98. The Kier molecular flexibility index (Phi) is 4.46. The lowest BCUT2D eigenvalue weighted by Crippen LogP contribution is -2.53. The van der Waals surface area contributed by atoms with E-state index < -0.39 is 11.5 Å². The number of aliphatic carboxylic acids is 1. The fraction of sp³-hybridized carbons (Fsp3) is 0.500. The van der Waals surface area contributed by atoms with Crippen LogP contribution in [0, 0.1) is 5.92 Å². The average Bonchev–Trinajstić information content (AvgIpc) is 2.93. The molecule has 1 aromatic rings. The van der Waals surface area contributed by atoms with Gasteiger partial charge in [-0.25, -0.2) is 0 Å². The average molecular weight is 340 g/mol. The van der Waals surface area contributed by atoms with Gasteiger partial charge in [-0.15, -0.1) is 0 Å². The highest BCUT2D eigenvalue weighted by molar-refractivity contribution is 6.30. The van der Waals surface area contributed by atoms with Crippen LogP contribution in [0.4, 0.5) is 0 Å². The van der Waals surface area contributed by atoms with Crippen molar-refractivity contribution in [3.63, 3.8) is 0 Å². The number of carboxylic acid groups (broad SMARTS) is 1. The van der Waals surface area contributed by atoms with E-state index in [0.717, 1.165) is 11.3 Å². The van der Waals surface area contributed by atoms with Crippen LogP contribution in [0.15, 0.2) is 18.2 Å². The van der Waals surface area contributed by atoms with Crippen LogP contribution < -0.4 is 10.1 Å². The van der Waals surface area contributed by atoms with Gasteiger partial charge in [0.1, 0.15) is 12.4 Å². The van der Waals surface area contributed by atoms with E-state index in [4.69, 9.17) is 26.2 Å². The van der Waals surface area contributed by atoms with Crippen molar-refractivity contribution in [1.82, 2.24) is 5.32 Å². The first-order chi connectivity index (χ1) is 11.0. The van der Waals surface area contributed by atoms with Crippen molar-refractivity contribution in [1.29, 1.82) is 0 Å². The van der Waals surface area contributed by atoms with Crippen LogP contribution in [0.1, 0.15) is 18.4 Å². The second-order valence-corrected chi connectivity index (χ2v) is 6.54. The number of benzene rings is 1. The summed E-state index contributed by atoms with van der Waals surface area (Å²) in [5.41, 5.74) is 0.0659. The number of halogens is 1. The van der Waals surface area contributed by atoms with Crippen LogP contribution in [0.25, 0.3) is 0 Å². The Morgan fingerprint density at radius 3 is 2.96 bits per heavy atom. The molecule has 2 aliphatic rings. The van der Waals surface area contributed by atoms with Crippen molar-refractivity contribution < 1.29 is 24.2 Å². The molecule has 0 spiro atoms. The molecule has 0 saturated carbocycles. The molecule has 0 bridgehead atoms. The second-order valence-electron chi connectivity index (χ2n) is 6.11. The molecular formula is C16H18ClNO5. The van der Waals surface area contributed by atoms with Crippen LogP contribution in [-0.2, 0) is 20.7 Å². The smallest absolute Gasteiger partial charge is 0.305 e. The summed E-state index contributed by atoms with van der Waals surface area (Å²) in [4.78, 5) is 23.6. The van der Waals surface area contributed by atoms with Gasteiger partial charge in [0.2, 0.25) is 5.91 Å². The highest BCUT2D eigenvalue weighted by Gasteiger charge is 2.40. The molecule has 3 rings (SSSR count). The number of fused-ring (bicyclic) bond motifs is 1. The topological polar surface area (TPSA) is 84.9 Å². The largest absolute Gasteiger partial charge is 0.492 e. The molecule has 1 fully saturated rings. The van der Waals surface area contributed by atoms with Crippen molar-refractivity contribution in [3.05, 3.63) is 28.8 Å². The van der Waals surface area contributed by atoms with E-state index in [9.17, 15) is 9.59 Å². The van der Waals surface area contributed by atoms with Crippen molar-refractivity contribution in [2.24, 2.45) is 5.92 Å². The SMILES string of the molecule is O=C(O)CC1(NC(=O)C2COc3ccc(Cl)cc3C2)CCOC1. The number of carboxylic acids is 1. The summed E-state index contributed by atoms with van der Waals surface area (Å²) in [7, 11) is 0. The molecule has 124 valence electrons. The maximum absolute atomic E-state index is 12.6. The lowest BCUT2D eigenvalue weighted by atomic mass is 9.91. The zero-order valence-corrected chi connectivity index (χ0v) is 13.3. The Morgan fingerprint density at radius 2 is 2.26 bits per heavy atom. The third-order valence-electron chi connectivity index (χ3n) is 4.28. The Balaban J connectivity index is 1.70. The van der Waals surface area contributed by atoms with Crippen molar-refractivity contribution in [2.75, 3.05) is 19.8 Å². The molecule has 7 heteroatoms. The maximum atomic E-state index is 12.6. The highest BCUT2D eigenvalue weighted by atomic mass is 35.5. The molecule has 6 nitrogen and oxygen atoms in total. The first-order valence-electron chi connectivity index (χ1n) is 7.50. The minimum Gasteiger partial charge on any atom is -0.492 e. The molecule has 1 saturated heterocycles. The van der Waals surface area contributed by atoms with E-state index in [2.05, 4.69) is 5.32 Å². The minimum atomic E-state index is -0.951. The lowest BCUT2D eigenvalue weighted by molar-refractivity contribution is -0.139. The van der Waals surface area contributed by atoms with Gasteiger partial charge in [-0.1, -0.05) is 11.6 Å². The van der Waals surface area contributed by atoms with Crippen LogP contribution in [-0.4, -0.2) is 42.3 Å². The zero-order valence-electron chi connectivity index (χ0n) is 12.5. The van der Waals surface area contributed by atoms with Gasteiger partial charge in [0.05, 0.1) is 24.5 Å². The van der Waals surface area contributed by atoms with Crippen LogP contribution in [0.5, 0.6) is 5.75 Å². The van der Waals surface area contributed by atoms with Crippen LogP contribution in [0.2, 0.25) is 5.02 Å². The normalized spacial score (nSPS) is 26.2. The van der Waals surface area contributed by atoms with Gasteiger partial charge >= 0.3 is 5.97 Å². The Hall–Kier alpha value is -1.79. The van der Waals surface area contributed by atoms with Crippen LogP contribution in [0.3, 0.4) is 0 Å². The molecule has 2 atom stereocenters. The number of hydrogen-bond acceptors (Lipinski definition) is 4. The molecule has 1 aromatic carbocycles. The number of carbonyl (C=O) groups excluding carboxylic acids is 1.